The first-order valence-corrected chi connectivity index (χ1v) is 7.74. The number of carbonyl (C=O) groups is 1. The second-order valence-electron chi connectivity index (χ2n) is 6.17. The van der Waals surface area contributed by atoms with Gasteiger partial charge in [-0.1, -0.05) is 6.92 Å². The van der Waals surface area contributed by atoms with Gasteiger partial charge >= 0.3 is 0 Å². The number of ether oxygens (including phenoxy) is 1. The second-order valence-corrected chi connectivity index (χ2v) is 6.17. The minimum Gasteiger partial charge on any atom is -0.385 e. The Morgan fingerprint density at radius 3 is 2.67 bits per heavy atom. The molecule has 1 amide bonds. The zero-order valence-electron chi connectivity index (χ0n) is 13.3. The number of nitrogens with one attached hydrogen (secondary N) is 2. The highest BCUT2D eigenvalue weighted by atomic mass is 16.5. The Balaban J connectivity index is 1.96. The molecule has 116 valence electrons. The van der Waals surface area contributed by atoms with Crippen LogP contribution in [0.25, 0.3) is 0 Å². The van der Waals surface area contributed by atoms with Gasteiger partial charge < -0.3 is 15.4 Å². The van der Waals surface area contributed by atoms with Gasteiger partial charge in [0.1, 0.15) is 0 Å². The lowest BCUT2D eigenvalue weighted by molar-refractivity contribution is 0.0238. The van der Waals surface area contributed by atoms with Crippen LogP contribution >= 0.6 is 0 Å². The van der Waals surface area contributed by atoms with Crippen LogP contribution in [0.3, 0.4) is 0 Å². The Bertz CT molecular complexity index is 494. The summed E-state index contributed by atoms with van der Waals surface area (Å²) < 4.78 is 5.39. The van der Waals surface area contributed by atoms with Crippen LogP contribution in [0, 0.1) is 12.3 Å². The molecule has 1 aliphatic rings. The van der Waals surface area contributed by atoms with Crippen molar-refractivity contribution in [3.63, 3.8) is 0 Å². The highest BCUT2D eigenvalue weighted by Crippen LogP contribution is 2.28. The van der Waals surface area contributed by atoms with Gasteiger partial charge in [-0.15, -0.1) is 0 Å². The third-order valence-corrected chi connectivity index (χ3v) is 4.23. The standard InChI is InChI=1S/C17H26N2O2/c1-4-18-14-5-6-15(13(2)11-14)16(20)19-12-17(3)7-9-21-10-8-17/h5-6,11,18H,4,7-10,12H2,1-3H3,(H,19,20). The molecule has 1 saturated heterocycles. The van der Waals surface area contributed by atoms with Crippen molar-refractivity contribution >= 4 is 11.6 Å². The summed E-state index contributed by atoms with van der Waals surface area (Å²) in [5, 5.41) is 6.35. The van der Waals surface area contributed by atoms with Crippen LogP contribution in [0.4, 0.5) is 5.69 Å². The van der Waals surface area contributed by atoms with E-state index in [-0.39, 0.29) is 11.3 Å². The zero-order chi connectivity index (χ0) is 15.3. The number of rotatable bonds is 5. The SMILES string of the molecule is CCNc1ccc(C(=O)NCC2(C)CCOCC2)c(C)c1. The third-order valence-electron chi connectivity index (χ3n) is 4.23. The molecule has 0 radical (unpaired) electrons. The highest BCUT2D eigenvalue weighted by Gasteiger charge is 2.28. The summed E-state index contributed by atoms with van der Waals surface area (Å²) in [6.07, 6.45) is 2.01. The fourth-order valence-corrected chi connectivity index (χ4v) is 2.66. The zero-order valence-corrected chi connectivity index (χ0v) is 13.3. The molecule has 0 aromatic heterocycles. The molecule has 0 atom stereocenters. The largest absolute Gasteiger partial charge is 0.385 e. The van der Waals surface area contributed by atoms with Gasteiger partial charge in [0, 0.05) is 37.6 Å². The molecule has 4 heteroatoms. The van der Waals surface area contributed by atoms with Gasteiger partial charge in [0.05, 0.1) is 0 Å². The van der Waals surface area contributed by atoms with Crippen molar-refractivity contribution in [1.29, 1.82) is 0 Å². The predicted octanol–water partition coefficient (Wildman–Crippen LogP) is 2.97. The van der Waals surface area contributed by atoms with Crippen molar-refractivity contribution in [2.24, 2.45) is 5.41 Å². The van der Waals surface area contributed by atoms with Gasteiger partial charge in [-0.2, -0.15) is 0 Å². The van der Waals surface area contributed by atoms with E-state index in [1.807, 2.05) is 25.1 Å². The van der Waals surface area contributed by atoms with Crippen LogP contribution in [-0.4, -0.2) is 32.2 Å². The first kappa shape index (κ1) is 15.8. The third kappa shape index (κ3) is 4.21. The summed E-state index contributed by atoms with van der Waals surface area (Å²) in [4.78, 5) is 12.4. The fourth-order valence-electron chi connectivity index (χ4n) is 2.66. The molecule has 2 rings (SSSR count). The van der Waals surface area contributed by atoms with Gasteiger partial charge in [-0.25, -0.2) is 0 Å². The quantitative estimate of drug-likeness (QED) is 0.876. The summed E-state index contributed by atoms with van der Waals surface area (Å²) in [7, 11) is 0. The number of benzene rings is 1. The smallest absolute Gasteiger partial charge is 0.251 e. The second kappa shape index (κ2) is 6.94. The number of hydrogen-bond donors (Lipinski definition) is 2. The molecule has 0 aliphatic carbocycles. The molecule has 0 unspecified atom stereocenters. The molecule has 2 N–H and O–H groups in total. The van der Waals surface area contributed by atoms with E-state index < -0.39 is 0 Å². The normalized spacial score (nSPS) is 17.3. The Morgan fingerprint density at radius 2 is 2.05 bits per heavy atom. The minimum atomic E-state index is 0.0169. The highest BCUT2D eigenvalue weighted by molar-refractivity contribution is 5.96. The van der Waals surface area contributed by atoms with E-state index in [9.17, 15) is 4.79 Å². The van der Waals surface area contributed by atoms with Gasteiger partial charge in [-0.05, 0) is 55.9 Å². The number of anilines is 1. The summed E-state index contributed by atoms with van der Waals surface area (Å²) in [5.41, 5.74) is 2.98. The molecule has 1 aliphatic heterocycles. The van der Waals surface area contributed by atoms with E-state index in [4.69, 9.17) is 4.74 Å². The molecule has 0 saturated carbocycles. The molecular weight excluding hydrogens is 264 g/mol. The average Bonchev–Trinajstić information content (AvgIpc) is 2.46. The number of aryl methyl sites for hydroxylation is 1. The molecule has 1 aromatic carbocycles. The lowest BCUT2D eigenvalue weighted by atomic mass is 9.82. The van der Waals surface area contributed by atoms with Crippen molar-refractivity contribution < 1.29 is 9.53 Å². The lowest BCUT2D eigenvalue weighted by Gasteiger charge is -2.33. The average molecular weight is 290 g/mol. The predicted molar refractivity (Wildman–Crippen MR) is 85.8 cm³/mol. The van der Waals surface area contributed by atoms with E-state index in [1.165, 1.54) is 0 Å². The van der Waals surface area contributed by atoms with E-state index >= 15 is 0 Å². The summed E-state index contributed by atoms with van der Waals surface area (Å²) in [6, 6.07) is 5.88. The van der Waals surface area contributed by atoms with Gasteiger partial charge in [0.2, 0.25) is 0 Å². The maximum atomic E-state index is 12.4. The molecule has 0 spiro atoms. The Morgan fingerprint density at radius 1 is 1.33 bits per heavy atom. The van der Waals surface area contributed by atoms with Crippen molar-refractivity contribution in [3.8, 4) is 0 Å². The summed E-state index contributed by atoms with van der Waals surface area (Å²) >= 11 is 0. The van der Waals surface area contributed by atoms with Crippen LogP contribution < -0.4 is 10.6 Å². The van der Waals surface area contributed by atoms with E-state index in [1.54, 1.807) is 0 Å². The van der Waals surface area contributed by atoms with Crippen LogP contribution in [-0.2, 0) is 4.74 Å². The molecule has 1 fully saturated rings. The van der Waals surface area contributed by atoms with Crippen molar-refractivity contribution in [1.82, 2.24) is 5.32 Å². The number of amides is 1. The number of carbonyl (C=O) groups excluding carboxylic acids is 1. The van der Waals surface area contributed by atoms with Crippen molar-refractivity contribution in [2.45, 2.75) is 33.6 Å². The van der Waals surface area contributed by atoms with Crippen LogP contribution in [0.2, 0.25) is 0 Å². The lowest BCUT2D eigenvalue weighted by Crippen LogP contribution is -2.39. The summed E-state index contributed by atoms with van der Waals surface area (Å²) in [6.45, 7) is 9.44. The first-order valence-electron chi connectivity index (χ1n) is 7.74. The molecule has 1 aromatic rings. The first-order chi connectivity index (χ1) is 10.0. The maximum Gasteiger partial charge on any atom is 0.251 e. The van der Waals surface area contributed by atoms with Crippen LogP contribution in [0.1, 0.15) is 42.6 Å². The van der Waals surface area contributed by atoms with E-state index in [2.05, 4.69) is 24.5 Å². The monoisotopic (exact) mass is 290 g/mol. The Kier molecular flexibility index (Phi) is 5.23. The van der Waals surface area contributed by atoms with Crippen molar-refractivity contribution in [3.05, 3.63) is 29.3 Å². The maximum absolute atomic E-state index is 12.4. The molecule has 4 nitrogen and oxygen atoms in total. The Labute approximate surface area is 127 Å². The topological polar surface area (TPSA) is 50.4 Å². The van der Waals surface area contributed by atoms with Crippen LogP contribution in [0.15, 0.2) is 18.2 Å². The van der Waals surface area contributed by atoms with Crippen molar-refractivity contribution in [2.75, 3.05) is 31.6 Å². The van der Waals surface area contributed by atoms with Gasteiger partial charge in [0.15, 0.2) is 0 Å². The Hall–Kier alpha value is -1.55. The van der Waals surface area contributed by atoms with E-state index in [0.29, 0.717) is 6.54 Å². The van der Waals surface area contributed by atoms with E-state index in [0.717, 1.165) is 49.4 Å². The van der Waals surface area contributed by atoms with Gasteiger partial charge in [-0.3, -0.25) is 4.79 Å². The number of hydrogen-bond acceptors (Lipinski definition) is 3. The molecule has 21 heavy (non-hydrogen) atoms. The minimum absolute atomic E-state index is 0.0169. The van der Waals surface area contributed by atoms with Gasteiger partial charge in [0.25, 0.3) is 5.91 Å². The molecule has 1 heterocycles. The molecule has 0 bridgehead atoms. The fraction of sp³-hybridized carbons (Fsp3) is 0.588. The van der Waals surface area contributed by atoms with Crippen LogP contribution in [0.5, 0.6) is 0 Å². The summed E-state index contributed by atoms with van der Waals surface area (Å²) in [5.74, 6) is 0.0169. The molecular formula is C17H26N2O2.